The van der Waals surface area contributed by atoms with Crippen molar-refractivity contribution in [2.45, 2.75) is 13.3 Å². The molecule has 9 heteroatoms. The molecule has 1 amide bonds. The zero-order valence-corrected chi connectivity index (χ0v) is 20.2. The molecule has 0 spiro atoms. The van der Waals surface area contributed by atoms with Crippen LogP contribution < -0.4 is 15.5 Å². The molecule has 1 aliphatic rings. The Bertz CT molecular complexity index is 1190. The van der Waals surface area contributed by atoms with Gasteiger partial charge in [0.1, 0.15) is 9.71 Å². The molecule has 2 N–H and O–H groups in total. The van der Waals surface area contributed by atoms with E-state index >= 15 is 0 Å². The fourth-order valence-electron chi connectivity index (χ4n) is 4.20. The molecule has 0 radical (unpaired) electrons. The van der Waals surface area contributed by atoms with Gasteiger partial charge in [0.15, 0.2) is 0 Å². The average Bonchev–Trinajstić information content (AvgIpc) is 2.98. The quantitative estimate of drug-likeness (QED) is 0.588. The van der Waals surface area contributed by atoms with Crippen LogP contribution in [0.4, 0.5) is 17.1 Å². The van der Waals surface area contributed by atoms with E-state index in [0.29, 0.717) is 16.1 Å². The van der Waals surface area contributed by atoms with Crippen molar-refractivity contribution in [3.05, 3.63) is 46.5 Å². The van der Waals surface area contributed by atoms with Gasteiger partial charge in [0.2, 0.25) is 0 Å². The van der Waals surface area contributed by atoms with Gasteiger partial charge in [-0.15, -0.1) is 11.3 Å². The molecule has 8 nitrogen and oxygen atoms in total. The third-order valence-electron chi connectivity index (χ3n) is 5.90. The molecule has 3 heterocycles. The van der Waals surface area contributed by atoms with Crippen LogP contribution in [0.1, 0.15) is 32.1 Å². The number of amides is 1. The summed E-state index contributed by atoms with van der Waals surface area (Å²) in [6, 6.07) is 9.85. The van der Waals surface area contributed by atoms with Crippen molar-refractivity contribution in [2.75, 3.05) is 62.9 Å². The van der Waals surface area contributed by atoms with E-state index in [1.807, 2.05) is 37.3 Å². The third-order valence-corrected chi connectivity index (χ3v) is 6.98. The number of hydrogen-bond acceptors (Lipinski definition) is 8. The van der Waals surface area contributed by atoms with Gasteiger partial charge in [-0.1, -0.05) is 0 Å². The number of hydrogen-bond donors (Lipinski definition) is 1. The second-order valence-corrected chi connectivity index (χ2v) is 9.37. The number of ether oxygens (including phenoxy) is 1. The van der Waals surface area contributed by atoms with Crippen molar-refractivity contribution < 1.29 is 14.3 Å². The van der Waals surface area contributed by atoms with Crippen LogP contribution >= 0.6 is 11.3 Å². The first-order chi connectivity index (χ1) is 15.8. The predicted molar refractivity (Wildman–Crippen MR) is 134 cm³/mol. The SMILES string of the molecule is COC(=O)c1sc2nc(C)cc(N3CCCN(c4ccc(C(=O)N(C)C)cc4)CC3)c2c1N. The number of benzene rings is 1. The van der Waals surface area contributed by atoms with Crippen molar-refractivity contribution in [1.29, 1.82) is 0 Å². The number of carbonyl (C=O) groups is 2. The number of aryl methyl sites for hydroxylation is 1. The number of aromatic nitrogens is 1. The minimum atomic E-state index is -0.433. The Morgan fingerprint density at radius 2 is 1.76 bits per heavy atom. The Hall–Kier alpha value is -3.33. The molecule has 0 saturated carbocycles. The molecule has 4 rings (SSSR count). The maximum atomic E-state index is 12.2. The predicted octanol–water partition coefficient (Wildman–Crippen LogP) is 3.39. The summed E-state index contributed by atoms with van der Waals surface area (Å²) in [5.74, 6) is -0.433. The summed E-state index contributed by atoms with van der Waals surface area (Å²) in [6.07, 6.45) is 0.967. The van der Waals surface area contributed by atoms with E-state index in [0.717, 1.165) is 59.9 Å². The van der Waals surface area contributed by atoms with E-state index in [2.05, 4.69) is 14.8 Å². The van der Waals surface area contributed by atoms with Crippen molar-refractivity contribution >= 4 is 50.5 Å². The summed E-state index contributed by atoms with van der Waals surface area (Å²) in [6.45, 7) is 5.38. The summed E-state index contributed by atoms with van der Waals surface area (Å²) in [5, 5.41) is 0.825. The summed E-state index contributed by atoms with van der Waals surface area (Å²) in [4.78, 5) is 36.4. The van der Waals surface area contributed by atoms with Crippen LogP contribution in [0.3, 0.4) is 0 Å². The Morgan fingerprint density at radius 3 is 2.42 bits per heavy atom. The number of pyridine rings is 1. The molecule has 1 aromatic carbocycles. The Labute approximate surface area is 197 Å². The van der Waals surface area contributed by atoms with Gasteiger partial charge in [-0.05, 0) is 43.7 Å². The molecule has 1 aliphatic heterocycles. The maximum Gasteiger partial charge on any atom is 0.350 e. The van der Waals surface area contributed by atoms with Gasteiger partial charge in [0, 0.05) is 57.2 Å². The highest BCUT2D eigenvalue weighted by atomic mass is 32.1. The van der Waals surface area contributed by atoms with Crippen LogP contribution in [0.25, 0.3) is 10.2 Å². The van der Waals surface area contributed by atoms with Gasteiger partial charge in [0.05, 0.1) is 23.9 Å². The standard InChI is InChI=1S/C24H29N5O3S/c1-15-14-18(19-20(25)21(24(31)32-4)33-22(19)26-15)29-11-5-10-28(12-13-29)17-8-6-16(7-9-17)23(30)27(2)3/h6-9,14H,5,10-13,25H2,1-4H3. The molecule has 3 aromatic rings. The number of nitrogens with two attached hydrogens (primary N) is 1. The van der Waals surface area contributed by atoms with Crippen molar-refractivity contribution in [1.82, 2.24) is 9.88 Å². The normalized spacial score (nSPS) is 14.3. The number of carbonyl (C=O) groups excluding carboxylic acids is 2. The second-order valence-electron chi connectivity index (χ2n) is 8.37. The second kappa shape index (κ2) is 9.27. The van der Waals surface area contributed by atoms with Crippen LogP contribution in [-0.4, -0.2) is 69.1 Å². The van der Waals surface area contributed by atoms with Gasteiger partial charge < -0.3 is 25.2 Å². The van der Waals surface area contributed by atoms with Crippen molar-refractivity contribution in [3.8, 4) is 0 Å². The van der Waals surface area contributed by atoms with E-state index in [1.165, 1.54) is 18.4 Å². The summed E-state index contributed by atoms with van der Waals surface area (Å²) in [7, 11) is 4.87. The van der Waals surface area contributed by atoms with Crippen LogP contribution in [0.15, 0.2) is 30.3 Å². The molecule has 1 saturated heterocycles. The van der Waals surface area contributed by atoms with Gasteiger partial charge in [0.25, 0.3) is 5.91 Å². The lowest BCUT2D eigenvalue weighted by Crippen LogP contribution is -2.31. The maximum absolute atomic E-state index is 12.2. The number of thiophene rings is 1. The molecule has 33 heavy (non-hydrogen) atoms. The monoisotopic (exact) mass is 467 g/mol. The average molecular weight is 468 g/mol. The molecular formula is C24H29N5O3S. The van der Waals surface area contributed by atoms with Gasteiger partial charge in [-0.25, -0.2) is 9.78 Å². The van der Waals surface area contributed by atoms with Gasteiger partial charge in [-0.3, -0.25) is 4.79 Å². The highest BCUT2D eigenvalue weighted by Gasteiger charge is 2.24. The first-order valence-electron chi connectivity index (χ1n) is 10.9. The van der Waals surface area contributed by atoms with E-state index in [1.54, 1.807) is 19.0 Å². The van der Waals surface area contributed by atoms with Crippen LogP contribution in [0, 0.1) is 6.92 Å². The topological polar surface area (TPSA) is 92.0 Å². The third kappa shape index (κ3) is 4.45. The summed E-state index contributed by atoms with van der Waals surface area (Å²) in [5.41, 5.74) is 10.5. The highest BCUT2D eigenvalue weighted by molar-refractivity contribution is 7.21. The molecule has 0 aliphatic carbocycles. The number of nitrogen functional groups attached to an aromatic ring is 1. The highest BCUT2D eigenvalue weighted by Crippen LogP contribution is 2.40. The Kier molecular flexibility index (Phi) is 6.42. The van der Waals surface area contributed by atoms with E-state index in [4.69, 9.17) is 10.5 Å². The first kappa shape index (κ1) is 22.8. The fourth-order valence-corrected chi connectivity index (χ4v) is 5.28. The van der Waals surface area contributed by atoms with E-state index < -0.39 is 5.97 Å². The zero-order valence-electron chi connectivity index (χ0n) is 19.4. The van der Waals surface area contributed by atoms with E-state index in [9.17, 15) is 9.59 Å². The number of rotatable bonds is 4. The summed E-state index contributed by atoms with van der Waals surface area (Å²) >= 11 is 1.28. The molecule has 0 atom stereocenters. The summed E-state index contributed by atoms with van der Waals surface area (Å²) < 4.78 is 4.90. The molecule has 0 unspecified atom stereocenters. The lowest BCUT2D eigenvalue weighted by atomic mass is 10.1. The largest absolute Gasteiger partial charge is 0.465 e. The smallest absolute Gasteiger partial charge is 0.350 e. The minimum Gasteiger partial charge on any atom is -0.465 e. The Morgan fingerprint density at radius 1 is 1.09 bits per heavy atom. The van der Waals surface area contributed by atoms with Gasteiger partial charge in [-0.2, -0.15) is 0 Å². The fraction of sp³-hybridized carbons (Fsp3) is 0.375. The van der Waals surface area contributed by atoms with Crippen LogP contribution in [0.5, 0.6) is 0 Å². The molecule has 174 valence electrons. The number of anilines is 3. The minimum absolute atomic E-state index is 0.000316. The van der Waals surface area contributed by atoms with Crippen molar-refractivity contribution in [3.63, 3.8) is 0 Å². The van der Waals surface area contributed by atoms with E-state index in [-0.39, 0.29) is 5.91 Å². The van der Waals surface area contributed by atoms with Gasteiger partial charge >= 0.3 is 5.97 Å². The molecular weight excluding hydrogens is 438 g/mol. The molecule has 2 aromatic heterocycles. The molecule has 0 bridgehead atoms. The van der Waals surface area contributed by atoms with Crippen LogP contribution in [0.2, 0.25) is 0 Å². The number of nitrogens with zero attached hydrogens (tertiary/aromatic N) is 4. The number of fused-ring (bicyclic) bond motifs is 1. The number of methoxy groups -OCH3 is 1. The zero-order chi connectivity index (χ0) is 23.7. The number of esters is 1. The lowest BCUT2D eigenvalue weighted by molar-refractivity contribution is 0.0607. The molecule has 1 fully saturated rings. The first-order valence-corrected chi connectivity index (χ1v) is 11.7. The lowest BCUT2D eigenvalue weighted by Gasteiger charge is -2.26. The van der Waals surface area contributed by atoms with Crippen molar-refractivity contribution in [2.24, 2.45) is 0 Å². The Balaban J connectivity index is 1.58. The van der Waals surface area contributed by atoms with Crippen LogP contribution in [-0.2, 0) is 4.74 Å².